The number of carbonyl (C=O) groups is 1. The largest absolute Gasteiger partial charge is 0.481 e. The van der Waals surface area contributed by atoms with Gasteiger partial charge < -0.3 is 5.11 Å². The molecule has 16 heavy (non-hydrogen) atoms. The predicted molar refractivity (Wildman–Crippen MR) is 59.0 cm³/mol. The average molecular weight is 222 g/mol. The molecule has 0 atom stereocenters. The SMILES string of the molecule is O=C(O)C1(c2ccccc2CF)CCCC1. The maximum atomic E-state index is 12.9. The van der Waals surface area contributed by atoms with Gasteiger partial charge in [0.25, 0.3) is 0 Å². The van der Waals surface area contributed by atoms with Crippen molar-refractivity contribution in [1.29, 1.82) is 0 Å². The lowest BCUT2D eigenvalue weighted by atomic mass is 9.77. The second-order valence-electron chi connectivity index (χ2n) is 4.39. The number of carboxylic acid groups (broad SMARTS) is 1. The second kappa shape index (κ2) is 4.24. The third kappa shape index (κ3) is 1.60. The van der Waals surface area contributed by atoms with Crippen molar-refractivity contribution in [3.63, 3.8) is 0 Å². The fraction of sp³-hybridized carbons (Fsp3) is 0.462. The van der Waals surface area contributed by atoms with Crippen LogP contribution in [0.15, 0.2) is 24.3 Å². The molecule has 1 N–H and O–H groups in total. The molecule has 0 spiro atoms. The van der Waals surface area contributed by atoms with Crippen LogP contribution in [0.1, 0.15) is 36.8 Å². The van der Waals surface area contributed by atoms with E-state index in [9.17, 15) is 14.3 Å². The van der Waals surface area contributed by atoms with Crippen molar-refractivity contribution in [3.05, 3.63) is 35.4 Å². The average Bonchev–Trinajstić information content (AvgIpc) is 2.79. The number of alkyl halides is 1. The van der Waals surface area contributed by atoms with E-state index in [1.54, 1.807) is 24.3 Å². The fourth-order valence-corrected chi connectivity index (χ4v) is 2.68. The van der Waals surface area contributed by atoms with E-state index in [2.05, 4.69) is 0 Å². The summed E-state index contributed by atoms with van der Waals surface area (Å²) in [6.45, 7) is -0.592. The van der Waals surface area contributed by atoms with Crippen LogP contribution in [0.3, 0.4) is 0 Å². The Morgan fingerprint density at radius 1 is 1.31 bits per heavy atom. The van der Waals surface area contributed by atoms with Gasteiger partial charge in [0.2, 0.25) is 0 Å². The van der Waals surface area contributed by atoms with Crippen molar-refractivity contribution >= 4 is 5.97 Å². The van der Waals surface area contributed by atoms with E-state index in [0.717, 1.165) is 12.8 Å². The Morgan fingerprint density at radius 2 is 1.94 bits per heavy atom. The van der Waals surface area contributed by atoms with Gasteiger partial charge in [0.1, 0.15) is 6.67 Å². The molecule has 2 rings (SSSR count). The predicted octanol–water partition coefficient (Wildman–Crippen LogP) is 3.05. The maximum Gasteiger partial charge on any atom is 0.314 e. The van der Waals surface area contributed by atoms with Crippen molar-refractivity contribution in [2.45, 2.75) is 37.8 Å². The Bertz CT molecular complexity index is 395. The second-order valence-corrected chi connectivity index (χ2v) is 4.39. The zero-order valence-electron chi connectivity index (χ0n) is 9.08. The summed E-state index contributed by atoms with van der Waals surface area (Å²) in [6.07, 6.45) is 3.07. The molecule has 1 aliphatic carbocycles. The zero-order chi connectivity index (χ0) is 11.6. The highest BCUT2D eigenvalue weighted by atomic mass is 19.1. The minimum Gasteiger partial charge on any atom is -0.481 e. The normalized spacial score (nSPS) is 18.6. The van der Waals surface area contributed by atoms with Crippen LogP contribution in [0.25, 0.3) is 0 Å². The van der Waals surface area contributed by atoms with Gasteiger partial charge in [-0.2, -0.15) is 0 Å². The van der Waals surface area contributed by atoms with Gasteiger partial charge in [-0.05, 0) is 24.0 Å². The lowest BCUT2D eigenvalue weighted by Gasteiger charge is -2.26. The van der Waals surface area contributed by atoms with Crippen LogP contribution >= 0.6 is 0 Å². The van der Waals surface area contributed by atoms with E-state index in [0.29, 0.717) is 24.0 Å². The minimum absolute atomic E-state index is 0.520. The molecule has 0 unspecified atom stereocenters. The van der Waals surface area contributed by atoms with Crippen LogP contribution < -0.4 is 0 Å². The van der Waals surface area contributed by atoms with E-state index < -0.39 is 18.1 Å². The molecule has 1 fully saturated rings. The lowest BCUT2D eigenvalue weighted by molar-refractivity contribution is -0.143. The first-order valence-corrected chi connectivity index (χ1v) is 5.58. The highest BCUT2D eigenvalue weighted by molar-refractivity contribution is 5.82. The van der Waals surface area contributed by atoms with Crippen LogP contribution in [-0.2, 0) is 16.9 Å². The van der Waals surface area contributed by atoms with Crippen molar-refractivity contribution in [1.82, 2.24) is 0 Å². The van der Waals surface area contributed by atoms with Crippen LogP contribution in [0.5, 0.6) is 0 Å². The smallest absolute Gasteiger partial charge is 0.314 e. The molecule has 0 amide bonds. The molecule has 86 valence electrons. The Hall–Kier alpha value is -1.38. The van der Waals surface area contributed by atoms with Gasteiger partial charge in [0.15, 0.2) is 0 Å². The first-order valence-electron chi connectivity index (χ1n) is 5.58. The molecule has 0 aromatic heterocycles. The minimum atomic E-state index is -0.845. The number of hydrogen-bond acceptors (Lipinski definition) is 1. The van der Waals surface area contributed by atoms with Crippen LogP contribution in [0, 0.1) is 0 Å². The summed E-state index contributed by atoms with van der Waals surface area (Å²) < 4.78 is 12.9. The van der Waals surface area contributed by atoms with Gasteiger partial charge in [0, 0.05) is 0 Å². The molecule has 0 saturated heterocycles. The lowest BCUT2D eigenvalue weighted by Crippen LogP contribution is -2.33. The van der Waals surface area contributed by atoms with Crippen LogP contribution in [0.2, 0.25) is 0 Å². The molecule has 1 saturated carbocycles. The molecule has 1 aliphatic rings. The van der Waals surface area contributed by atoms with E-state index in [1.807, 2.05) is 0 Å². The number of hydrogen-bond donors (Lipinski definition) is 1. The fourth-order valence-electron chi connectivity index (χ4n) is 2.68. The summed E-state index contributed by atoms with van der Waals surface area (Å²) in [5.74, 6) is -0.814. The summed E-state index contributed by atoms with van der Waals surface area (Å²) in [5, 5.41) is 9.41. The highest BCUT2D eigenvalue weighted by Crippen LogP contribution is 2.42. The van der Waals surface area contributed by atoms with E-state index in [4.69, 9.17) is 0 Å². The third-order valence-corrected chi connectivity index (χ3v) is 3.54. The Balaban J connectivity index is 2.51. The maximum absolute atomic E-state index is 12.9. The van der Waals surface area contributed by atoms with E-state index in [1.165, 1.54) is 0 Å². The third-order valence-electron chi connectivity index (χ3n) is 3.54. The van der Waals surface area contributed by atoms with Crippen LogP contribution in [0.4, 0.5) is 4.39 Å². The number of aliphatic carboxylic acids is 1. The molecular weight excluding hydrogens is 207 g/mol. The Kier molecular flexibility index (Phi) is 2.95. The van der Waals surface area contributed by atoms with Gasteiger partial charge in [-0.15, -0.1) is 0 Å². The topological polar surface area (TPSA) is 37.3 Å². The number of halogens is 1. The molecule has 3 heteroatoms. The number of benzene rings is 1. The molecule has 0 radical (unpaired) electrons. The first kappa shape index (κ1) is 11.1. The number of carboxylic acids is 1. The molecule has 0 aliphatic heterocycles. The highest BCUT2D eigenvalue weighted by Gasteiger charge is 2.43. The summed E-state index contributed by atoms with van der Waals surface area (Å²) in [6, 6.07) is 6.98. The first-order chi connectivity index (χ1) is 7.70. The van der Waals surface area contributed by atoms with Crippen molar-refractivity contribution in [3.8, 4) is 0 Å². The van der Waals surface area contributed by atoms with Crippen molar-refractivity contribution in [2.24, 2.45) is 0 Å². The standard InChI is InChI=1S/C13H15FO2/c14-9-10-5-1-2-6-11(10)13(12(15)16)7-3-4-8-13/h1-2,5-6H,3-4,7-9H2,(H,15,16). The Labute approximate surface area is 94.1 Å². The van der Waals surface area contributed by atoms with E-state index in [-0.39, 0.29) is 0 Å². The van der Waals surface area contributed by atoms with Crippen molar-refractivity contribution < 1.29 is 14.3 Å². The van der Waals surface area contributed by atoms with E-state index >= 15 is 0 Å². The zero-order valence-corrected chi connectivity index (χ0v) is 9.08. The quantitative estimate of drug-likeness (QED) is 0.853. The summed E-state index contributed by atoms with van der Waals surface area (Å²) >= 11 is 0. The molecule has 1 aromatic rings. The number of rotatable bonds is 3. The van der Waals surface area contributed by atoms with Gasteiger partial charge in [-0.3, -0.25) is 4.79 Å². The molecule has 0 bridgehead atoms. The summed E-state index contributed by atoms with van der Waals surface area (Å²) in [5.41, 5.74) is 0.345. The van der Waals surface area contributed by atoms with Gasteiger partial charge in [-0.25, -0.2) is 4.39 Å². The van der Waals surface area contributed by atoms with Gasteiger partial charge >= 0.3 is 5.97 Å². The monoisotopic (exact) mass is 222 g/mol. The molecule has 1 aromatic carbocycles. The summed E-state index contributed by atoms with van der Waals surface area (Å²) in [7, 11) is 0. The van der Waals surface area contributed by atoms with Crippen molar-refractivity contribution in [2.75, 3.05) is 0 Å². The van der Waals surface area contributed by atoms with Gasteiger partial charge in [0.05, 0.1) is 5.41 Å². The molecule has 2 nitrogen and oxygen atoms in total. The molecular formula is C13H15FO2. The van der Waals surface area contributed by atoms with Gasteiger partial charge in [-0.1, -0.05) is 37.1 Å². The molecule has 0 heterocycles. The van der Waals surface area contributed by atoms with Crippen LogP contribution in [-0.4, -0.2) is 11.1 Å². The Morgan fingerprint density at radius 3 is 2.50 bits per heavy atom. The summed E-state index contributed by atoms with van der Waals surface area (Å²) in [4.78, 5) is 11.5.